The van der Waals surface area contributed by atoms with Crippen LogP contribution < -0.4 is 11.2 Å². The minimum absolute atomic E-state index is 0.0791. The highest BCUT2D eigenvalue weighted by atomic mass is 35.5. The number of alkyl halides is 3. The van der Waals surface area contributed by atoms with Crippen molar-refractivity contribution >= 4 is 46.1 Å². The first-order valence-electron chi connectivity index (χ1n) is 8.44. The van der Waals surface area contributed by atoms with Crippen molar-refractivity contribution in [3.05, 3.63) is 55.6 Å². The summed E-state index contributed by atoms with van der Waals surface area (Å²) in [5.41, 5.74) is -5.42. The van der Waals surface area contributed by atoms with Crippen LogP contribution in [0, 0.1) is 5.82 Å². The van der Waals surface area contributed by atoms with Gasteiger partial charge in [0.1, 0.15) is 18.1 Å². The van der Waals surface area contributed by atoms with Crippen molar-refractivity contribution in [3.8, 4) is 5.69 Å². The lowest BCUT2D eigenvalue weighted by Crippen LogP contribution is -2.41. The zero-order valence-electron chi connectivity index (χ0n) is 15.8. The highest BCUT2D eigenvalue weighted by molar-refractivity contribution is 8.15. The molecule has 0 bridgehead atoms. The molecule has 1 amide bonds. The average Bonchev–Trinajstić information content (AvgIpc) is 3.00. The summed E-state index contributed by atoms with van der Waals surface area (Å²) in [5.74, 6) is -3.19. The topological polar surface area (TPSA) is 114 Å². The molecule has 0 saturated carbocycles. The number of aromatic nitrogens is 2. The summed E-state index contributed by atoms with van der Waals surface area (Å²) in [6, 6.07) is 1.66. The van der Waals surface area contributed by atoms with E-state index < -0.39 is 53.0 Å². The molecule has 1 aliphatic rings. The minimum Gasteiger partial charge on any atom is -0.480 e. The van der Waals surface area contributed by atoms with Gasteiger partial charge in [-0.1, -0.05) is 23.4 Å². The predicted molar refractivity (Wildman–Crippen MR) is 106 cm³/mol. The van der Waals surface area contributed by atoms with Crippen LogP contribution in [0.3, 0.4) is 0 Å². The number of rotatable bonds is 4. The summed E-state index contributed by atoms with van der Waals surface area (Å²) < 4.78 is 54.0. The second-order valence-electron chi connectivity index (χ2n) is 6.35. The van der Waals surface area contributed by atoms with Crippen molar-refractivity contribution in [1.82, 2.24) is 14.0 Å². The molecule has 1 N–H and O–H groups in total. The molecule has 0 unspecified atom stereocenters. The Morgan fingerprint density at radius 2 is 1.91 bits per heavy atom. The van der Waals surface area contributed by atoms with Gasteiger partial charge in [-0.25, -0.2) is 18.7 Å². The molecular formula is C17H11ClF4N4O5S. The number of carbonyl (C=O) groups is 2. The number of aliphatic carboxylic acids is 1. The van der Waals surface area contributed by atoms with E-state index in [4.69, 9.17) is 16.7 Å². The summed E-state index contributed by atoms with van der Waals surface area (Å²) in [6.07, 6.45) is -5.00. The van der Waals surface area contributed by atoms with Crippen molar-refractivity contribution in [2.24, 2.45) is 12.0 Å². The first-order valence-corrected chi connectivity index (χ1v) is 9.81. The zero-order chi connectivity index (χ0) is 24.0. The molecule has 0 aliphatic carbocycles. The van der Waals surface area contributed by atoms with Crippen LogP contribution in [0.2, 0.25) is 5.02 Å². The number of thioether (sulfide) groups is 1. The van der Waals surface area contributed by atoms with E-state index in [1.54, 1.807) is 0 Å². The molecule has 1 aromatic carbocycles. The Hall–Kier alpha value is -3.13. The maximum Gasteiger partial charge on any atom is 0.431 e. The normalized spacial score (nSPS) is 15.6. The van der Waals surface area contributed by atoms with Gasteiger partial charge in [0.05, 0.1) is 22.2 Å². The number of hydrogen-bond donors (Lipinski definition) is 1. The van der Waals surface area contributed by atoms with Crippen molar-refractivity contribution < 1.29 is 32.3 Å². The van der Waals surface area contributed by atoms with Gasteiger partial charge in [-0.2, -0.15) is 13.2 Å². The van der Waals surface area contributed by atoms with Crippen LogP contribution in [0.1, 0.15) is 5.69 Å². The summed E-state index contributed by atoms with van der Waals surface area (Å²) in [6.45, 7) is -0.699. The van der Waals surface area contributed by atoms with E-state index in [1.165, 1.54) is 0 Å². The van der Waals surface area contributed by atoms with Crippen molar-refractivity contribution in [1.29, 1.82) is 0 Å². The number of halogens is 5. The predicted octanol–water partition coefficient (Wildman–Crippen LogP) is 1.99. The van der Waals surface area contributed by atoms with Gasteiger partial charge in [-0.15, -0.1) is 0 Å². The van der Waals surface area contributed by atoms with Crippen molar-refractivity contribution in [2.45, 2.75) is 6.18 Å². The van der Waals surface area contributed by atoms with Gasteiger partial charge in [0.25, 0.3) is 5.56 Å². The molecule has 1 aliphatic heterocycles. The maximum atomic E-state index is 14.6. The second kappa shape index (κ2) is 8.43. The van der Waals surface area contributed by atoms with Gasteiger partial charge in [-0.3, -0.25) is 23.9 Å². The van der Waals surface area contributed by atoms with Crippen molar-refractivity contribution in [3.63, 3.8) is 0 Å². The van der Waals surface area contributed by atoms with Crippen LogP contribution in [-0.2, 0) is 22.8 Å². The van der Waals surface area contributed by atoms with Crippen LogP contribution in [-0.4, -0.2) is 48.5 Å². The Kier molecular flexibility index (Phi) is 6.20. The Balaban J connectivity index is 2.18. The third kappa shape index (κ3) is 4.41. The molecule has 9 nitrogen and oxygen atoms in total. The molecule has 1 fully saturated rings. The maximum absolute atomic E-state index is 14.6. The highest BCUT2D eigenvalue weighted by Gasteiger charge is 2.35. The fourth-order valence-corrected chi connectivity index (χ4v) is 3.86. The third-order valence-corrected chi connectivity index (χ3v) is 5.50. The van der Waals surface area contributed by atoms with Gasteiger partial charge in [0, 0.05) is 13.1 Å². The molecule has 3 rings (SSSR count). The fourth-order valence-electron chi connectivity index (χ4n) is 2.78. The molecule has 170 valence electrons. The summed E-state index contributed by atoms with van der Waals surface area (Å²) in [5, 5.41) is 8.54. The van der Waals surface area contributed by atoms with Crippen LogP contribution >= 0.6 is 23.4 Å². The Bertz CT molecular complexity index is 1290. The van der Waals surface area contributed by atoms with Crippen molar-refractivity contribution in [2.75, 3.05) is 12.3 Å². The highest BCUT2D eigenvalue weighted by Crippen LogP contribution is 2.32. The second-order valence-corrected chi connectivity index (χ2v) is 7.70. The molecular weight excluding hydrogens is 484 g/mol. The number of aliphatic imine (C=N–C) groups is 1. The first kappa shape index (κ1) is 23.5. The summed E-state index contributed by atoms with van der Waals surface area (Å²) in [4.78, 5) is 52.4. The van der Waals surface area contributed by atoms with E-state index in [1.807, 2.05) is 0 Å². The van der Waals surface area contributed by atoms with E-state index in [9.17, 15) is 36.7 Å². The van der Waals surface area contributed by atoms with Crippen LogP contribution in [0.4, 0.5) is 23.2 Å². The molecule has 0 atom stereocenters. The van der Waals surface area contributed by atoms with Gasteiger partial charge in [-0.05, 0) is 12.1 Å². The molecule has 15 heteroatoms. The Labute approximate surface area is 184 Å². The number of carboxylic acids is 1. The molecule has 0 spiro atoms. The Morgan fingerprint density at radius 1 is 1.25 bits per heavy atom. The SMILES string of the molecule is Cn1c(C(F)(F)F)cc(=O)n(-c2cc(/N=C3\SCC(=O)N3CC(=O)O)c(Cl)cc2F)c1=O. The van der Waals surface area contributed by atoms with Gasteiger partial charge >= 0.3 is 17.8 Å². The molecule has 2 heterocycles. The molecule has 0 radical (unpaired) electrons. The zero-order valence-corrected chi connectivity index (χ0v) is 17.4. The minimum atomic E-state index is -5.00. The number of hydrogen-bond acceptors (Lipinski definition) is 6. The molecule has 2 aromatic rings. The van der Waals surface area contributed by atoms with E-state index in [2.05, 4.69) is 4.99 Å². The number of nitrogens with zero attached hydrogens (tertiary/aromatic N) is 4. The smallest absolute Gasteiger partial charge is 0.431 e. The van der Waals surface area contributed by atoms with E-state index in [0.29, 0.717) is 6.07 Å². The van der Waals surface area contributed by atoms with Gasteiger partial charge in [0.15, 0.2) is 5.17 Å². The molecule has 1 aromatic heterocycles. The van der Waals surface area contributed by atoms with Crippen LogP contribution in [0.15, 0.2) is 32.8 Å². The number of carbonyl (C=O) groups excluding carboxylic acids is 1. The van der Waals surface area contributed by atoms with Gasteiger partial charge in [0.2, 0.25) is 5.91 Å². The lowest BCUT2D eigenvalue weighted by Gasteiger charge is -2.15. The van der Waals surface area contributed by atoms with Gasteiger partial charge < -0.3 is 5.11 Å². The monoisotopic (exact) mass is 494 g/mol. The third-order valence-electron chi connectivity index (χ3n) is 4.23. The summed E-state index contributed by atoms with van der Waals surface area (Å²) >= 11 is 6.83. The van der Waals surface area contributed by atoms with E-state index in [0.717, 1.165) is 29.8 Å². The average molecular weight is 495 g/mol. The number of carboxylic acid groups (broad SMARTS) is 1. The number of amides is 1. The van der Waals surface area contributed by atoms with Crippen LogP contribution in [0.25, 0.3) is 5.69 Å². The first-order chi connectivity index (χ1) is 14.8. The lowest BCUT2D eigenvalue weighted by molar-refractivity contribution is -0.144. The number of amidine groups is 1. The number of benzene rings is 1. The van der Waals surface area contributed by atoms with E-state index in [-0.39, 0.29) is 36.8 Å². The molecule has 1 saturated heterocycles. The summed E-state index contributed by atoms with van der Waals surface area (Å²) in [7, 11) is 0.764. The van der Waals surface area contributed by atoms with Crippen LogP contribution in [0.5, 0.6) is 0 Å². The largest absolute Gasteiger partial charge is 0.480 e. The standard InChI is InChI=1S/C17H11ClF4N4O5S/c1-24-11(17(20,21)22)4-12(27)26(16(24)31)10-3-9(7(18)2-8(10)19)23-15-25(5-14(29)30)13(28)6-32-15/h2-4H,5-6H2,1H3,(H,29,30)/b23-15-. The van der Waals surface area contributed by atoms with E-state index >= 15 is 0 Å². The quantitative estimate of drug-likeness (QED) is 0.650. The molecule has 32 heavy (non-hydrogen) atoms. The fraction of sp³-hybridized carbons (Fsp3) is 0.235. The lowest BCUT2D eigenvalue weighted by atomic mass is 10.2. The Morgan fingerprint density at radius 3 is 2.50 bits per heavy atom.